The fraction of sp³-hybridized carbons (Fsp3) is 0.304. The lowest BCUT2D eigenvalue weighted by Crippen LogP contribution is -2.66. The van der Waals surface area contributed by atoms with Crippen LogP contribution in [0, 0.1) is 6.92 Å². The molecule has 2 atom stereocenters. The number of rotatable bonds is 2. The van der Waals surface area contributed by atoms with Gasteiger partial charge in [0.2, 0.25) is 5.91 Å². The van der Waals surface area contributed by atoms with Gasteiger partial charge in [-0.1, -0.05) is 48.5 Å². The Labute approximate surface area is 164 Å². The van der Waals surface area contributed by atoms with Gasteiger partial charge in [0.1, 0.15) is 18.5 Å². The Morgan fingerprint density at radius 1 is 1.14 bits per heavy atom. The van der Waals surface area contributed by atoms with Crippen molar-refractivity contribution in [3.05, 3.63) is 71.8 Å². The minimum Gasteiger partial charge on any atom is -0.364 e. The van der Waals surface area contributed by atoms with Crippen LogP contribution in [0.15, 0.2) is 60.7 Å². The molecule has 3 aromatic rings. The number of benzene rings is 2. The number of anilines is 1. The number of para-hydroxylation sites is 1. The summed E-state index contributed by atoms with van der Waals surface area (Å²) in [6.45, 7) is 3.74. The molecule has 0 bridgehead atoms. The maximum Gasteiger partial charge on any atom is 0.246 e. The molecular formula is C23H23N3O2. The summed E-state index contributed by atoms with van der Waals surface area (Å²) in [6.07, 6.45) is 0.663. The zero-order chi connectivity index (χ0) is 19.1. The summed E-state index contributed by atoms with van der Waals surface area (Å²) >= 11 is 0. The van der Waals surface area contributed by atoms with E-state index < -0.39 is 5.54 Å². The van der Waals surface area contributed by atoms with Crippen LogP contribution in [0.1, 0.15) is 17.5 Å². The van der Waals surface area contributed by atoms with Gasteiger partial charge in [-0.3, -0.25) is 4.79 Å². The fourth-order valence-corrected chi connectivity index (χ4v) is 4.56. The van der Waals surface area contributed by atoms with Crippen LogP contribution >= 0.6 is 0 Å². The number of ether oxygens (including phenoxy) is 1. The summed E-state index contributed by atoms with van der Waals surface area (Å²) in [4.78, 5) is 19.3. The van der Waals surface area contributed by atoms with Crippen LogP contribution in [0.5, 0.6) is 0 Å². The Kier molecular flexibility index (Phi) is 4.05. The standard InChI is InChI=1S/C23H23N3O2/c1-16-13-21(24-19-10-6-5-9-18(16)19)26-12-11-23(17-7-3-2-4-8-17)20(14-26)28-15-22(27)25-23/h2-10,13,20H,11-12,14-15H2,1H3,(H,25,27)/t20-,23+/m1/s1. The average molecular weight is 373 g/mol. The minimum atomic E-state index is -0.473. The number of hydrogen-bond donors (Lipinski definition) is 1. The lowest BCUT2D eigenvalue weighted by molar-refractivity contribution is -0.146. The number of carbonyl (C=O) groups excluding carboxylic acids is 1. The first-order chi connectivity index (χ1) is 13.7. The van der Waals surface area contributed by atoms with E-state index >= 15 is 0 Å². The van der Waals surface area contributed by atoms with Crippen molar-refractivity contribution in [1.82, 2.24) is 10.3 Å². The molecule has 3 heterocycles. The van der Waals surface area contributed by atoms with Crippen molar-refractivity contribution < 1.29 is 9.53 Å². The number of nitrogens with zero attached hydrogens (tertiary/aromatic N) is 2. The number of pyridine rings is 1. The Morgan fingerprint density at radius 3 is 2.79 bits per heavy atom. The van der Waals surface area contributed by atoms with Crippen molar-refractivity contribution in [2.24, 2.45) is 0 Å². The second kappa shape index (κ2) is 6.60. The smallest absolute Gasteiger partial charge is 0.246 e. The monoisotopic (exact) mass is 373 g/mol. The van der Waals surface area contributed by atoms with E-state index in [1.807, 2.05) is 30.3 Å². The highest BCUT2D eigenvalue weighted by molar-refractivity contribution is 5.84. The molecule has 0 unspecified atom stereocenters. The molecule has 5 nitrogen and oxygen atoms in total. The Hall–Kier alpha value is -2.92. The predicted octanol–water partition coefficient (Wildman–Crippen LogP) is 3.16. The van der Waals surface area contributed by atoms with Crippen LogP contribution in [0.25, 0.3) is 10.9 Å². The third kappa shape index (κ3) is 2.74. The number of carbonyl (C=O) groups is 1. The number of morpholine rings is 1. The van der Waals surface area contributed by atoms with E-state index in [1.165, 1.54) is 10.9 Å². The molecule has 142 valence electrons. The van der Waals surface area contributed by atoms with Crippen LogP contribution < -0.4 is 10.2 Å². The first kappa shape index (κ1) is 17.2. The summed E-state index contributed by atoms with van der Waals surface area (Å²) in [5, 5.41) is 4.43. The van der Waals surface area contributed by atoms with Gasteiger partial charge >= 0.3 is 0 Å². The van der Waals surface area contributed by atoms with Gasteiger partial charge in [0, 0.05) is 18.5 Å². The number of fused-ring (bicyclic) bond motifs is 2. The van der Waals surface area contributed by atoms with E-state index in [1.54, 1.807) is 0 Å². The van der Waals surface area contributed by atoms with Crippen molar-refractivity contribution >= 4 is 22.6 Å². The summed E-state index contributed by atoms with van der Waals surface area (Å²) in [5.74, 6) is 0.923. The second-order valence-electron chi connectivity index (χ2n) is 7.70. The zero-order valence-corrected chi connectivity index (χ0v) is 15.9. The van der Waals surface area contributed by atoms with Gasteiger partial charge in [0.15, 0.2) is 0 Å². The first-order valence-corrected chi connectivity index (χ1v) is 9.75. The summed E-state index contributed by atoms with van der Waals surface area (Å²) in [7, 11) is 0. The number of hydrogen-bond acceptors (Lipinski definition) is 4. The molecule has 1 aromatic heterocycles. The van der Waals surface area contributed by atoms with Crippen molar-refractivity contribution in [2.45, 2.75) is 25.0 Å². The van der Waals surface area contributed by atoms with Crippen molar-refractivity contribution in [3.63, 3.8) is 0 Å². The third-order valence-corrected chi connectivity index (χ3v) is 6.01. The molecule has 0 spiro atoms. The molecule has 5 heteroatoms. The van der Waals surface area contributed by atoms with Crippen LogP contribution in [-0.4, -0.2) is 36.7 Å². The maximum atomic E-state index is 12.2. The maximum absolute atomic E-state index is 12.2. The summed E-state index contributed by atoms with van der Waals surface area (Å²) in [6, 6.07) is 20.6. The quantitative estimate of drug-likeness (QED) is 0.750. The average Bonchev–Trinajstić information content (AvgIpc) is 2.74. The lowest BCUT2D eigenvalue weighted by Gasteiger charge is -2.50. The van der Waals surface area contributed by atoms with Crippen molar-refractivity contribution in [2.75, 3.05) is 24.6 Å². The van der Waals surface area contributed by atoms with E-state index in [0.29, 0.717) is 6.54 Å². The van der Waals surface area contributed by atoms with Crippen LogP contribution in [0.2, 0.25) is 0 Å². The Bertz CT molecular complexity index is 1040. The molecule has 1 N–H and O–H groups in total. The van der Waals surface area contributed by atoms with Gasteiger partial charge < -0.3 is 15.0 Å². The lowest BCUT2D eigenvalue weighted by atomic mass is 9.77. The number of amides is 1. The van der Waals surface area contributed by atoms with Crippen LogP contribution in [-0.2, 0) is 15.1 Å². The van der Waals surface area contributed by atoms with Gasteiger partial charge in [-0.25, -0.2) is 4.98 Å². The SMILES string of the molecule is Cc1cc(N2CC[C@@]3(c4ccccc4)NC(=O)CO[C@@H]3C2)nc2ccccc12. The van der Waals surface area contributed by atoms with Gasteiger partial charge in [0.25, 0.3) is 0 Å². The molecule has 1 amide bonds. The highest BCUT2D eigenvalue weighted by Crippen LogP contribution is 2.38. The number of aryl methyl sites for hydroxylation is 1. The molecule has 2 aromatic carbocycles. The second-order valence-corrected chi connectivity index (χ2v) is 7.70. The highest BCUT2D eigenvalue weighted by Gasteiger charge is 2.49. The fourth-order valence-electron chi connectivity index (χ4n) is 4.56. The van der Waals surface area contributed by atoms with E-state index in [2.05, 4.69) is 47.5 Å². The highest BCUT2D eigenvalue weighted by atomic mass is 16.5. The minimum absolute atomic E-state index is 0.0479. The largest absolute Gasteiger partial charge is 0.364 e. The zero-order valence-electron chi connectivity index (χ0n) is 15.9. The van der Waals surface area contributed by atoms with Crippen molar-refractivity contribution in [3.8, 4) is 0 Å². The first-order valence-electron chi connectivity index (χ1n) is 9.75. The molecular weight excluding hydrogens is 350 g/mol. The third-order valence-electron chi connectivity index (χ3n) is 6.01. The van der Waals surface area contributed by atoms with Crippen molar-refractivity contribution in [1.29, 1.82) is 0 Å². The number of nitrogens with one attached hydrogen (secondary N) is 1. The molecule has 0 saturated carbocycles. The summed E-state index contributed by atoms with van der Waals surface area (Å²) < 4.78 is 6.04. The molecule has 0 radical (unpaired) electrons. The van der Waals surface area contributed by atoms with Gasteiger partial charge in [-0.2, -0.15) is 0 Å². The van der Waals surface area contributed by atoms with E-state index in [4.69, 9.17) is 9.72 Å². The molecule has 2 aliphatic rings. The molecule has 28 heavy (non-hydrogen) atoms. The van der Waals surface area contributed by atoms with Crippen LogP contribution in [0.3, 0.4) is 0 Å². The summed E-state index contributed by atoms with van der Waals surface area (Å²) in [5.41, 5.74) is 2.86. The molecule has 2 saturated heterocycles. The van der Waals surface area contributed by atoms with E-state index in [0.717, 1.165) is 29.9 Å². The topological polar surface area (TPSA) is 54.5 Å². The van der Waals surface area contributed by atoms with Gasteiger partial charge in [-0.05, 0) is 36.6 Å². The van der Waals surface area contributed by atoms with E-state index in [-0.39, 0.29) is 18.6 Å². The Morgan fingerprint density at radius 2 is 1.93 bits per heavy atom. The molecule has 0 aliphatic carbocycles. The number of aromatic nitrogens is 1. The van der Waals surface area contributed by atoms with Gasteiger partial charge in [0.05, 0.1) is 11.1 Å². The predicted molar refractivity (Wildman–Crippen MR) is 109 cm³/mol. The Balaban J connectivity index is 1.50. The van der Waals surface area contributed by atoms with E-state index in [9.17, 15) is 4.79 Å². The van der Waals surface area contributed by atoms with Gasteiger partial charge in [-0.15, -0.1) is 0 Å². The molecule has 2 fully saturated rings. The molecule has 2 aliphatic heterocycles. The van der Waals surface area contributed by atoms with Crippen LogP contribution in [0.4, 0.5) is 5.82 Å². The molecule has 5 rings (SSSR count). The normalized spacial score (nSPS) is 24.7. The number of piperidine rings is 1.